The Labute approximate surface area is 168 Å². The molecule has 1 unspecified atom stereocenters. The second kappa shape index (κ2) is 6.54. The average Bonchev–Trinajstić information content (AvgIpc) is 3.25. The van der Waals surface area contributed by atoms with Crippen molar-refractivity contribution in [2.75, 3.05) is 29.3 Å². The first kappa shape index (κ1) is 19.9. The molecule has 1 aliphatic carbocycles. The lowest BCUT2D eigenvalue weighted by atomic mass is 10.0. The highest BCUT2D eigenvalue weighted by molar-refractivity contribution is 8.26. The van der Waals surface area contributed by atoms with Gasteiger partial charge in [-0.25, -0.2) is 27.2 Å². The Bertz CT molecular complexity index is 1000. The van der Waals surface area contributed by atoms with E-state index in [2.05, 4.69) is 4.98 Å². The number of aromatic nitrogens is 1. The van der Waals surface area contributed by atoms with Crippen LogP contribution in [0.4, 0.5) is 20.3 Å². The van der Waals surface area contributed by atoms with E-state index < -0.39 is 28.8 Å². The number of nitrogens with zero attached hydrogens (tertiary/aromatic N) is 3. The first-order valence-corrected chi connectivity index (χ1v) is 10.4. The van der Waals surface area contributed by atoms with Crippen molar-refractivity contribution in [3.8, 4) is 11.3 Å². The highest BCUT2D eigenvalue weighted by Crippen LogP contribution is 2.62. The van der Waals surface area contributed by atoms with Crippen molar-refractivity contribution in [1.82, 2.24) is 4.98 Å². The molecule has 0 radical (unpaired) electrons. The zero-order valence-corrected chi connectivity index (χ0v) is 16.9. The minimum Gasteiger partial charge on any atom is -0.465 e. The first-order valence-electron chi connectivity index (χ1n) is 8.94. The lowest BCUT2D eigenvalue weighted by Gasteiger charge is -2.41. The number of ether oxygens (including phenoxy) is 1. The number of carbonyl (C=O) groups excluding carboxylic acids is 1. The van der Waals surface area contributed by atoms with Crippen LogP contribution in [0.1, 0.15) is 22.3 Å². The summed E-state index contributed by atoms with van der Waals surface area (Å²) in [5, 5.41) is 0. The third-order valence-corrected chi connectivity index (χ3v) is 7.21. The van der Waals surface area contributed by atoms with Gasteiger partial charge in [0.15, 0.2) is 5.82 Å². The largest absolute Gasteiger partial charge is 0.465 e. The molecule has 0 saturated heterocycles. The van der Waals surface area contributed by atoms with Crippen LogP contribution in [0.25, 0.3) is 11.3 Å². The summed E-state index contributed by atoms with van der Waals surface area (Å²) in [6, 6.07) is 8.40. The number of pyridine rings is 1. The van der Waals surface area contributed by atoms with Crippen LogP contribution in [0, 0.1) is 12.8 Å². The number of carbonyl (C=O) groups is 1. The second-order valence-electron chi connectivity index (χ2n) is 7.27. The van der Waals surface area contributed by atoms with Gasteiger partial charge < -0.3 is 4.74 Å². The van der Waals surface area contributed by atoms with Crippen LogP contribution in [0.2, 0.25) is 0 Å². The van der Waals surface area contributed by atoms with Crippen molar-refractivity contribution in [1.29, 1.82) is 0 Å². The monoisotopic (exact) mass is 425 g/mol. The van der Waals surface area contributed by atoms with E-state index in [1.807, 2.05) is 6.92 Å². The highest BCUT2D eigenvalue weighted by Gasteiger charge is 2.59. The Morgan fingerprint density at radius 2 is 2.03 bits per heavy atom. The van der Waals surface area contributed by atoms with Crippen LogP contribution in [0.5, 0.6) is 0 Å². The lowest BCUT2D eigenvalue weighted by molar-refractivity contribution is 0.0600. The van der Waals surface area contributed by atoms with Gasteiger partial charge in [0.05, 0.1) is 18.4 Å². The smallest absolute Gasteiger partial charge is 0.337 e. The first-order chi connectivity index (χ1) is 13.6. The van der Waals surface area contributed by atoms with Crippen LogP contribution in [-0.4, -0.2) is 46.7 Å². The molecular formula is C19H21F2N3O4S. The van der Waals surface area contributed by atoms with Gasteiger partial charge in [0.1, 0.15) is 5.69 Å². The third-order valence-electron chi connectivity index (χ3n) is 5.36. The predicted molar refractivity (Wildman–Crippen MR) is 107 cm³/mol. The number of benzene rings is 1. The summed E-state index contributed by atoms with van der Waals surface area (Å²) in [5.41, 5.74) is 2.83. The fourth-order valence-electron chi connectivity index (χ4n) is 3.42. The van der Waals surface area contributed by atoms with Gasteiger partial charge in [-0.05, 0) is 47.7 Å². The SMILES string of the molecule is COC(=O)c1ccc(C)c(-c2ccc3c(n2)N(C)S(O)(O)N3CC2CC2(F)F)c1. The lowest BCUT2D eigenvalue weighted by Crippen LogP contribution is -2.33. The van der Waals surface area contributed by atoms with Crippen molar-refractivity contribution >= 4 is 28.4 Å². The third kappa shape index (κ3) is 3.21. The summed E-state index contributed by atoms with van der Waals surface area (Å²) in [7, 11) is -0.703. The van der Waals surface area contributed by atoms with E-state index in [0.717, 1.165) is 5.56 Å². The maximum Gasteiger partial charge on any atom is 0.337 e. The summed E-state index contributed by atoms with van der Waals surface area (Å²) >= 11 is 0. The fourth-order valence-corrected chi connectivity index (χ4v) is 4.87. The number of fused-ring (bicyclic) bond motifs is 1. The zero-order chi connectivity index (χ0) is 21.1. The highest BCUT2D eigenvalue weighted by atomic mass is 32.3. The summed E-state index contributed by atoms with van der Waals surface area (Å²) < 4.78 is 55.2. The molecule has 156 valence electrons. The number of anilines is 2. The van der Waals surface area contributed by atoms with Gasteiger partial charge in [-0.1, -0.05) is 6.07 Å². The summed E-state index contributed by atoms with van der Waals surface area (Å²) in [5.74, 6) is -3.87. The molecule has 1 atom stereocenters. The van der Waals surface area contributed by atoms with Crippen molar-refractivity contribution in [2.24, 2.45) is 5.92 Å². The van der Waals surface area contributed by atoms with Crippen LogP contribution in [0.3, 0.4) is 0 Å². The molecule has 2 aliphatic rings. The minimum atomic E-state index is -3.47. The molecule has 29 heavy (non-hydrogen) atoms. The Balaban J connectivity index is 1.73. The van der Waals surface area contributed by atoms with E-state index >= 15 is 0 Å². The van der Waals surface area contributed by atoms with Crippen LogP contribution in [-0.2, 0) is 4.74 Å². The van der Waals surface area contributed by atoms with Gasteiger partial charge in [-0.15, -0.1) is 0 Å². The quantitative estimate of drug-likeness (QED) is 0.705. The molecule has 1 aromatic heterocycles. The number of hydrogen-bond acceptors (Lipinski definition) is 7. The molecule has 1 fully saturated rings. The van der Waals surface area contributed by atoms with Crippen molar-refractivity contribution in [3.05, 3.63) is 41.5 Å². The maximum absolute atomic E-state index is 13.4. The van der Waals surface area contributed by atoms with Gasteiger partial charge >= 0.3 is 5.97 Å². The molecule has 1 aromatic carbocycles. The Morgan fingerprint density at radius 1 is 1.34 bits per heavy atom. The molecule has 0 spiro atoms. The van der Waals surface area contributed by atoms with E-state index in [1.165, 1.54) is 22.8 Å². The number of methoxy groups -OCH3 is 1. The number of hydrogen-bond donors (Lipinski definition) is 2. The molecule has 7 nitrogen and oxygen atoms in total. The van der Waals surface area contributed by atoms with Crippen LogP contribution < -0.4 is 8.61 Å². The number of halogens is 2. The van der Waals surface area contributed by atoms with E-state index in [0.29, 0.717) is 22.5 Å². The average molecular weight is 425 g/mol. The van der Waals surface area contributed by atoms with E-state index in [4.69, 9.17) is 4.74 Å². The standard InChI is InChI=1S/C19H21F2N3O4S/c1-11-4-5-12(18(25)28-3)8-14(11)15-6-7-16-17(22-15)23(2)29(26,27)24(16)10-13-9-19(13,20)21/h4-8,13,26-27H,9-10H2,1-3H3. The Morgan fingerprint density at radius 3 is 2.66 bits per heavy atom. The number of aryl methyl sites for hydroxylation is 1. The Hall–Kier alpha value is -2.43. The zero-order valence-electron chi connectivity index (χ0n) is 16.1. The molecule has 0 amide bonds. The summed E-state index contributed by atoms with van der Waals surface area (Å²) in [4.78, 5) is 16.4. The van der Waals surface area contributed by atoms with E-state index in [1.54, 1.807) is 30.3 Å². The maximum atomic E-state index is 13.4. The molecule has 0 bridgehead atoms. The molecule has 4 rings (SSSR count). The number of alkyl halides is 2. The predicted octanol–water partition coefficient (Wildman–Crippen LogP) is 4.34. The van der Waals surface area contributed by atoms with Crippen LogP contribution >= 0.6 is 11.0 Å². The van der Waals surface area contributed by atoms with Gasteiger partial charge in [0.2, 0.25) is 0 Å². The molecular weight excluding hydrogens is 404 g/mol. The van der Waals surface area contributed by atoms with Gasteiger partial charge in [-0.2, -0.15) is 0 Å². The fraction of sp³-hybridized carbons (Fsp3) is 0.368. The summed E-state index contributed by atoms with van der Waals surface area (Å²) in [6.07, 6.45) is -0.261. The van der Waals surface area contributed by atoms with Gasteiger partial charge in [0, 0.05) is 31.5 Å². The molecule has 1 aliphatic heterocycles. The topological polar surface area (TPSA) is 86.1 Å². The van der Waals surface area contributed by atoms with E-state index in [-0.39, 0.29) is 18.8 Å². The Kier molecular flexibility index (Phi) is 4.48. The summed E-state index contributed by atoms with van der Waals surface area (Å²) in [6.45, 7) is 1.70. The van der Waals surface area contributed by atoms with Crippen molar-refractivity contribution in [2.45, 2.75) is 19.3 Å². The van der Waals surface area contributed by atoms with Crippen molar-refractivity contribution in [3.63, 3.8) is 0 Å². The van der Waals surface area contributed by atoms with Crippen LogP contribution in [0.15, 0.2) is 30.3 Å². The molecule has 2 heterocycles. The molecule has 2 N–H and O–H groups in total. The number of rotatable bonds is 4. The molecule has 2 aromatic rings. The second-order valence-corrected chi connectivity index (χ2v) is 9.24. The minimum absolute atomic E-state index is 0.162. The van der Waals surface area contributed by atoms with E-state index in [9.17, 15) is 22.7 Å². The van der Waals surface area contributed by atoms with Crippen molar-refractivity contribution < 1.29 is 27.4 Å². The normalized spacial score (nSPS) is 22.2. The molecule has 1 saturated carbocycles. The van der Waals surface area contributed by atoms with Gasteiger partial charge in [0.25, 0.3) is 5.92 Å². The van der Waals surface area contributed by atoms with Gasteiger partial charge in [-0.3, -0.25) is 9.11 Å². The number of esters is 1. The molecule has 10 heteroatoms.